The van der Waals surface area contributed by atoms with Gasteiger partial charge in [-0.3, -0.25) is 9.48 Å². The van der Waals surface area contributed by atoms with Gasteiger partial charge in [0.25, 0.3) is 0 Å². The molecule has 0 unspecified atom stereocenters. The molecule has 0 aromatic carbocycles. The van der Waals surface area contributed by atoms with Crippen LogP contribution in [0.3, 0.4) is 0 Å². The van der Waals surface area contributed by atoms with E-state index < -0.39 is 0 Å². The predicted octanol–water partition coefficient (Wildman–Crippen LogP) is 2.89. The molecule has 1 aromatic heterocycles. The molecule has 5 heteroatoms. The van der Waals surface area contributed by atoms with Gasteiger partial charge in [0, 0.05) is 12.2 Å². The van der Waals surface area contributed by atoms with Gasteiger partial charge >= 0.3 is 0 Å². The number of nitrogens with one attached hydrogen (secondary N) is 1. The zero-order chi connectivity index (χ0) is 14.3. The van der Waals surface area contributed by atoms with E-state index in [1.165, 1.54) is 25.7 Å². The van der Waals surface area contributed by atoms with Crippen molar-refractivity contribution in [1.29, 1.82) is 0 Å². The molecule has 0 saturated heterocycles. The molecule has 1 amide bonds. The molecule has 3 rings (SSSR count). The van der Waals surface area contributed by atoms with Gasteiger partial charge in [0.15, 0.2) is 0 Å². The van der Waals surface area contributed by atoms with E-state index >= 15 is 0 Å². The van der Waals surface area contributed by atoms with Crippen molar-refractivity contribution < 1.29 is 4.79 Å². The molecule has 2 bridgehead atoms. The summed E-state index contributed by atoms with van der Waals surface area (Å²) in [6, 6.07) is 0.290. The van der Waals surface area contributed by atoms with Crippen molar-refractivity contribution in [3.8, 4) is 0 Å². The summed E-state index contributed by atoms with van der Waals surface area (Å²) < 4.78 is 2.65. The molecular weight excluding hydrogens is 318 g/mol. The van der Waals surface area contributed by atoms with Gasteiger partial charge in [0.1, 0.15) is 6.54 Å². The largest absolute Gasteiger partial charge is 0.352 e. The van der Waals surface area contributed by atoms with Crippen molar-refractivity contribution in [2.45, 2.75) is 52.1 Å². The van der Waals surface area contributed by atoms with E-state index in [4.69, 9.17) is 0 Å². The van der Waals surface area contributed by atoms with Crippen LogP contribution in [0.15, 0.2) is 10.7 Å². The molecule has 0 spiro atoms. The maximum atomic E-state index is 12.1. The molecule has 1 N–H and O–H groups in total. The zero-order valence-electron chi connectivity index (χ0n) is 12.1. The summed E-state index contributed by atoms with van der Waals surface area (Å²) in [6.45, 7) is 4.39. The fourth-order valence-corrected chi connectivity index (χ4v) is 4.35. The topological polar surface area (TPSA) is 46.9 Å². The third-order valence-corrected chi connectivity index (χ3v) is 5.79. The summed E-state index contributed by atoms with van der Waals surface area (Å²) in [4.78, 5) is 12.1. The van der Waals surface area contributed by atoms with E-state index in [1.54, 1.807) is 4.68 Å². The van der Waals surface area contributed by atoms with E-state index in [9.17, 15) is 4.79 Å². The van der Waals surface area contributed by atoms with Crippen LogP contribution in [0.25, 0.3) is 0 Å². The van der Waals surface area contributed by atoms with E-state index in [2.05, 4.69) is 33.3 Å². The second-order valence-electron chi connectivity index (χ2n) is 6.45. The highest BCUT2D eigenvalue weighted by Gasteiger charge is 2.42. The molecule has 0 radical (unpaired) electrons. The lowest BCUT2D eigenvalue weighted by Gasteiger charge is -2.28. The highest BCUT2D eigenvalue weighted by Crippen LogP contribution is 2.49. The number of nitrogens with zero attached hydrogens (tertiary/aromatic N) is 2. The minimum Gasteiger partial charge on any atom is -0.352 e. The number of hydrogen-bond donors (Lipinski definition) is 1. The van der Waals surface area contributed by atoms with E-state index in [1.807, 2.05) is 13.1 Å². The second-order valence-corrected chi connectivity index (χ2v) is 7.31. The summed E-state index contributed by atoms with van der Waals surface area (Å²) >= 11 is 3.42. The Bertz CT molecular complexity index is 494. The minimum atomic E-state index is 0.0651. The van der Waals surface area contributed by atoms with Crippen molar-refractivity contribution >= 4 is 21.8 Å². The number of amides is 1. The Kier molecular flexibility index (Phi) is 3.89. The maximum Gasteiger partial charge on any atom is 0.241 e. The number of aryl methyl sites for hydroxylation is 1. The van der Waals surface area contributed by atoms with Crippen LogP contribution in [-0.4, -0.2) is 21.7 Å². The van der Waals surface area contributed by atoms with Crippen LogP contribution in [0.1, 0.15) is 38.3 Å². The van der Waals surface area contributed by atoms with Crippen molar-refractivity contribution in [1.82, 2.24) is 15.1 Å². The molecule has 2 saturated carbocycles. The third-order valence-electron chi connectivity index (χ3n) is 5.02. The SMILES string of the molecule is Cc1nn(CC(=O)N[C@H](C)[C@H]2C[C@@H]3CC[C@@H]2C3)cc1Br. The van der Waals surface area contributed by atoms with E-state index in [0.717, 1.165) is 22.0 Å². The lowest BCUT2D eigenvalue weighted by atomic mass is 9.84. The number of hydrogen-bond acceptors (Lipinski definition) is 2. The molecule has 20 heavy (non-hydrogen) atoms. The van der Waals surface area contributed by atoms with Gasteiger partial charge in [0.2, 0.25) is 5.91 Å². The number of rotatable bonds is 4. The summed E-state index contributed by atoms with van der Waals surface area (Å²) in [5, 5.41) is 7.47. The van der Waals surface area contributed by atoms with Gasteiger partial charge < -0.3 is 5.32 Å². The average molecular weight is 340 g/mol. The molecule has 2 aliphatic rings. The number of halogens is 1. The molecular formula is C15H22BrN3O. The summed E-state index contributed by atoms with van der Waals surface area (Å²) in [5.41, 5.74) is 0.916. The first-order valence-corrected chi connectivity index (χ1v) is 8.31. The summed E-state index contributed by atoms with van der Waals surface area (Å²) in [5.74, 6) is 2.52. The molecule has 2 aliphatic carbocycles. The van der Waals surface area contributed by atoms with Crippen molar-refractivity contribution in [3.63, 3.8) is 0 Å². The van der Waals surface area contributed by atoms with Crippen molar-refractivity contribution in [3.05, 3.63) is 16.4 Å². The zero-order valence-corrected chi connectivity index (χ0v) is 13.7. The van der Waals surface area contributed by atoms with Crippen LogP contribution in [0.4, 0.5) is 0 Å². The lowest BCUT2D eigenvalue weighted by molar-refractivity contribution is -0.122. The Morgan fingerprint density at radius 2 is 2.35 bits per heavy atom. The number of fused-ring (bicyclic) bond motifs is 2. The molecule has 4 nitrogen and oxygen atoms in total. The summed E-state index contributed by atoms with van der Waals surface area (Å²) in [6.07, 6.45) is 7.31. The first kappa shape index (κ1) is 14.1. The smallest absolute Gasteiger partial charge is 0.241 e. The molecule has 1 aromatic rings. The maximum absolute atomic E-state index is 12.1. The van der Waals surface area contributed by atoms with Gasteiger partial charge in [-0.2, -0.15) is 5.10 Å². The lowest BCUT2D eigenvalue weighted by Crippen LogP contribution is -2.41. The predicted molar refractivity (Wildman–Crippen MR) is 81.2 cm³/mol. The standard InChI is InChI=1S/C15H22BrN3O/c1-9(13-6-11-3-4-12(13)5-11)17-15(20)8-19-7-14(16)10(2)18-19/h7,9,11-13H,3-6,8H2,1-2H3,(H,17,20)/t9-,11-,12-,13-/m1/s1. The fourth-order valence-electron chi connectivity index (χ4n) is 4.03. The molecule has 4 atom stereocenters. The molecule has 0 aliphatic heterocycles. The minimum absolute atomic E-state index is 0.0651. The summed E-state index contributed by atoms with van der Waals surface area (Å²) in [7, 11) is 0. The molecule has 110 valence electrons. The highest BCUT2D eigenvalue weighted by molar-refractivity contribution is 9.10. The Morgan fingerprint density at radius 3 is 2.90 bits per heavy atom. The number of carbonyl (C=O) groups is 1. The Balaban J connectivity index is 1.53. The quantitative estimate of drug-likeness (QED) is 0.916. The first-order chi connectivity index (χ1) is 9.52. The van der Waals surface area contributed by atoms with Crippen LogP contribution in [0.5, 0.6) is 0 Å². The van der Waals surface area contributed by atoms with Crippen LogP contribution >= 0.6 is 15.9 Å². The third kappa shape index (κ3) is 2.78. The Hall–Kier alpha value is -0.840. The first-order valence-electron chi connectivity index (χ1n) is 7.52. The number of carbonyl (C=O) groups excluding carboxylic acids is 1. The van der Waals surface area contributed by atoms with Gasteiger partial charge in [-0.05, 0) is 66.8 Å². The van der Waals surface area contributed by atoms with Crippen molar-refractivity contribution in [2.24, 2.45) is 17.8 Å². The van der Waals surface area contributed by atoms with Crippen LogP contribution < -0.4 is 5.32 Å². The van der Waals surface area contributed by atoms with E-state index in [-0.39, 0.29) is 11.9 Å². The Labute approximate surface area is 128 Å². The number of aromatic nitrogens is 2. The van der Waals surface area contributed by atoms with E-state index in [0.29, 0.717) is 12.5 Å². The molecule has 1 heterocycles. The fraction of sp³-hybridized carbons (Fsp3) is 0.733. The van der Waals surface area contributed by atoms with Crippen LogP contribution in [0.2, 0.25) is 0 Å². The second kappa shape index (κ2) is 5.51. The van der Waals surface area contributed by atoms with Gasteiger partial charge in [-0.15, -0.1) is 0 Å². The normalized spacial score (nSPS) is 29.6. The van der Waals surface area contributed by atoms with Crippen LogP contribution in [-0.2, 0) is 11.3 Å². The van der Waals surface area contributed by atoms with Gasteiger partial charge in [-0.1, -0.05) is 6.42 Å². The highest BCUT2D eigenvalue weighted by atomic mass is 79.9. The monoisotopic (exact) mass is 339 g/mol. The molecule has 2 fully saturated rings. The Morgan fingerprint density at radius 1 is 1.55 bits per heavy atom. The van der Waals surface area contributed by atoms with Gasteiger partial charge in [0.05, 0.1) is 10.2 Å². The van der Waals surface area contributed by atoms with Crippen molar-refractivity contribution in [2.75, 3.05) is 0 Å². The van der Waals surface area contributed by atoms with Crippen LogP contribution in [0, 0.1) is 24.7 Å². The average Bonchev–Trinajstić information content (AvgIpc) is 3.06. The van der Waals surface area contributed by atoms with Gasteiger partial charge in [-0.25, -0.2) is 0 Å².